The summed E-state index contributed by atoms with van der Waals surface area (Å²) in [6.45, 7) is -1.19. The van der Waals surface area contributed by atoms with E-state index in [4.69, 9.17) is 10.5 Å². The Bertz CT molecular complexity index is 1190. The maximum absolute atomic E-state index is 15.8. The number of nitrogens with one attached hydrogen (secondary N) is 1. The van der Waals surface area contributed by atoms with Crippen molar-refractivity contribution in [3.63, 3.8) is 0 Å². The summed E-state index contributed by atoms with van der Waals surface area (Å²) in [7, 11) is 1.07. The van der Waals surface area contributed by atoms with E-state index in [0.29, 0.717) is 12.8 Å². The SMILES string of the molecule is COC1c2c(c(=O)[nH]c(=O)n2C2CC2)C(C(F)F)=C(F)C1N1CC(CN)C(CC(C(F)(F)F)C(F)(F)F)C1. The second-order valence-corrected chi connectivity index (χ2v) is 9.87. The Kier molecular flexibility index (Phi) is 7.55. The Morgan fingerprint density at radius 2 is 1.63 bits per heavy atom. The van der Waals surface area contributed by atoms with Crippen molar-refractivity contribution in [2.75, 3.05) is 26.7 Å². The minimum atomic E-state index is -5.60. The molecule has 38 heavy (non-hydrogen) atoms. The van der Waals surface area contributed by atoms with Gasteiger partial charge >= 0.3 is 18.0 Å². The summed E-state index contributed by atoms with van der Waals surface area (Å²) in [5.41, 5.74) is 1.08. The van der Waals surface area contributed by atoms with Crippen LogP contribution >= 0.6 is 0 Å². The molecule has 2 heterocycles. The van der Waals surface area contributed by atoms with Crippen molar-refractivity contribution < 1.29 is 44.3 Å². The standard InChI is InChI=1S/C22H25F9N4O3/c1-38-17-15-13(19(36)33-20(37)35(15)10-2-3-10)12(18(24)25)14(23)16(17)34-6-8(9(5-32)7-34)4-11(21(26,27)28)22(29,30)31/h8-11,16-18H,2-7,32H2,1H3,(H,33,36,37). The quantitative estimate of drug-likeness (QED) is 0.495. The van der Waals surface area contributed by atoms with Gasteiger partial charge in [0.25, 0.3) is 12.0 Å². The summed E-state index contributed by atoms with van der Waals surface area (Å²) in [5, 5.41) is 0. The smallest absolute Gasteiger partial charge is 0.373 e. The van der Waals surface area contributed by atoms with Gasteiger partial charge in [-0.05, 0) is 37.6 Å². The number of alkyl halides is 8. The van der Waals surface area contributed by atoms with Crippen LogP contribution in [0.2, 0.25) is 0 Å². The molecule has 1 saturated heterocycles. The Morgan fingerprint density at radius 3 is 2.11 bits per heavy atom. The highest BCUT2D eigenvalue weighted by molar-refractivity contribution is 5.74. The lowest BCUT2D eigenvalue weighted by atomic mass is 9.86. The normalized spacial score (nSPS) is 27.1. The minimum Gasteiger partial charge on any atom is -0.373 e. The van der Waals surface area contributed by atoms with E-state index in [9.17, 15) is 44.7 Å². The zero-order chi connectivity index (χ0) is 28.3. The van der Waals surface area contributed by atoms with Gasteiger partial charge in [0.2, 0.25) is 0 Å². The molecule has 16 heteroatoms. The monoisotopic (exact) mass is 564 g/mol. The van der Waals surface area contributed by atoms with Gasteiger partial charge in [0.15, 0.2) is 5.92 Å². The van der Waals surface area contributed by atoms with E-state index in [0.717, 1.165) is 16.6 Å². The van der Waals surface area contributed by atoms with Gasteiger partial charge in [-0.25, -0.2) is 18.0 Å². The molecule has 0 radical (unpaired) electrons. The third kappa shape index (κ3) is 5.01. The van der Waals surface area contributed by atoms with E-state index >= 15 is 4.39 Å². The fourth-order valence-corrected chi connectivity index (χ4v) is 5.66. The summed E-state index contributed by atoms with van der Waals surface area (Å²) in [6, 6.07) is -2.22. The van der Waals surface area contributed by atoms with Crippen molar-refractivity contribution in [2.45, 2.75) is 56.2 Å². The number of fused-ring (bicyclic) bond motifs is 1. The van der Waals surface area contributed by atoms with Gasteiger partial charge in [0, 0.05) is 26.2 Å². The predicted octanol–water partition coefficient (Wildman–Crippen LogP) is 3.52. The lowest BCUT2D eigenvalue weighted by Crippen LogP contribution is -2.48. The van der Waals surface area contributed by atoms with Crippen LogP contribution in [0.4, 0.5) is 39.5 Å². The number of hydrogen-bond acceptors (Lipinski definition) is 5. The molecular weight excluding hydrogens is 539 g/mol. The molecule has 3 N–H and O–H groups in total. The third-order valence-electron chi connectivity index (χ3n) is 7.54. The van der Waals surface area contributed by atoms with Crippen molar-refractivity contribution in [1.82, 2.24) is 14.5 Å². The van der Waals surface area contributed by atoms with Crippen molar-refractivity contribution in [1.29, 1.82) is 0 Å². The number of methoxy groups -OCH3 is 1. The Balaban J connectivity index is 1.79. The summed E-state index contributed by atoms with van der Waals surface area (Å²) < 4.78 is 130. The molecule has 0 spiro atoms. The number of ether oxygens (including phenoxy) is 1. The topological polar surface area (TPSA) is 93.3 Å². The number of likely N-dealkylation sites (tertiary alicyclic amines) is 1. The van der Waals surface area contributed by atoms with Gasteiger partial charge in [0.05, 0.1) is 22.9 Å². The van der Waals surface area contributed by atoms with Crippen LogP contribution in [0.1, 0.15) is 42.7 Å². The van der Waals surface area contributed by atoms with Gasteiger partial charge in [-0.15, -0.1) is 0 Å². The summed E-state index contributed by atoms with van der Waals surface area (Å²) >= 11 is 0. The molecule has 7 nitrogen and oxygen atoms in total. The summed E-state index contributed by atoms with van der Waals surface area (Å²) in [5.74, 6) is -7.42. The molecule has 4 atom stereocenters. The fraction of sp³-hybridized carbons (Fsp3) is 0.727. The zero-order valence-corrected chi connectivity index (χ0v) is 19.9. The first-order valence-electron chi connectivity index (χ1n) is 11.8. The summed E-state index contributed by atoms with van der Waals surface area (Å²) in [6.07, 6.45) is -16.7. The minimum absolute atomic E-state index is 0.304. The van der Waals surface area contributed by atoms with E-state index < -0.39 is 95.9 Å². The number of H-pyrrole nitrogens is 1. The van der Waals surface area contributed by atoms with Gasteiger partial charge in [-0.1, -0.05) is 0 Å². The molecule has 2 aliphatic carbocycles. The van der Waals surface area contributed by atoms with Crippen LogP contribution in [0.25, 0.3) is 5.57 Å². The van der Waals surface area contributed by atoms with Gasteiger partial charge in [0.1, 0.15) is 11.9 Å². The highest BCUT2D eigenvalue weighted by Crippen LogP contribution is 2.49. The maximum Gasteiger partial charge on any atom is 0.400 e. The summed E-state index contributed by atoms with van der Waals surface area (Å²) in [4.78, 5) is 28.2. The van der Waals surface area contributed by atoms with E-state index in [1.807, 2.05) is 4.98 Å². The first-order valence-corrected chi connectivity index (χ1v) is 11.8. The average molecular weight is 564 g/mol. The maximum atomic E-state index is 15.8. The first kappa shape index (κ1) is 28.7. The van der Waals surface area contributed by atoms with E-state index in [-0.39, 0.29) is 18.8 Å². The van der Waals surface area contributed by atoms with E-state index in [1.54, 1.807) is 0 Å². The van der Waals surface area contributed by atoms with Crippen LogP contribution in [0.5, 0.6) is 0 Å². The molecule has 0 amide bonds. The number of hydrogen-bond donors (Lipinski definition) is 2. The Morgan fingerprint density at radius 1 is 1.05 bits per heavy atom. The molecule has 2 fully saturated rings. The molecule has 1 aromatic rings. The highest BCUT2D eigenvalue weighted by atomic mass is 19.4. The number of allylic oxidation sites excluding steroid dienone is 1. The molecule has 0 aromatic carbocycles. The second kappa shape index (κ2) is 10.0. The Hall–Kier alpha value is -2.33. The lowest BCUT2D eigenvalue weighted by Gasteiger charge is -2.39. The van der Waals surface area contributed by atoms with Gasteiger partial charge in [-0.3, -0.25) is 19.2 Å². The predicted molar refractivity (Wildman–Crippen MR) is 115 cm³/mol. The number of rotatable bonds is 7. The Labute approximate surface area is 209 Å². The van der Waals surface area contributed by atoms with Crippen molar-refractivity contribution >= 4 is 5.57 Å². The number of aromatic nitrogens is 2. The first-order chi connectivity index (χ1) is 17.6. The van der Waals surface area contributed by atoms with Gasteiger partial charge in [-0.2, -0.15) is 26.3 Å². The molecule has 1 aliphatic heterocycles. The average Bonchev–Trinajstić information content (AvgIpc) is 3.54. The van der Waals surface area contributed by atoms with Crippen LogP contribution in [-0.4, -0.2) is 66.0 Å². The van der Waals surface area contributed by atoms with Crippen LogP contribution in [0, 0.1) is 17.8 Å². The van der Waals surface area contributed by atoms with Crippen LogP contribution in [0.15, 0.2) is 15.4 Å². The molecule has 214 valence electrons. The third-order valence-corrected chi connectivity index (χ3v) is 7.54. The van der Waals surface area contributed by atoms with Crippen molar-refractivity contribution in [2.24, 2.45) is 23.5 Å². The molecule has 1 saturated carbocycles. The van der Waals surface area contributed by atoms with E-state index in [1.165, 1.54) is 0 Å². The number of nitrogens with two attached hydrogens (primary N) is 1. The van der Waals surface area contributed by atoms with Crippen LogP contribution in [0.3, 0.4) is 0 Å². The van der Waals surface area contributed by atoms with Crippen LogP contribution in [-0.2, 0) is 4.74 Å². The molecular formula is C22H25F9N4O3. The number of halogens is 9. The van der Waals surface area contributed by atoms with Gasteiger partial charge < -0.3 is 10.5 Å². The fourth-order valence-electron chi connectivity index (χ4n) is 5.66. The second-order valence-electron chi connectivity index (χ2n) is 9.87. The zero-order valence-electron chi connectivity index (χ0n) is 19.9. The largest absolute Gasteiger partial charge is 0.400 e. The highest BCUT2D eigenvalue weighted by Gasteiger charge is 2.58. The molecule has 1 aromatic heterocycles. The van der Waals surface area contributed by atoms with E-state index in [2.05, 4.69) is 0 Å². The molecule has 3 aliphatic rings. The lowest BCUT2D eigenvalue weighted by molar-refractivity contribution is -0.288. The van der Waals surface area contributed by atoms with Crippen molar-refractivity contribution in [3.05, 3.63) is 37.9 Å². The number of aromatic amines is 1. The molecule has 4 rings (SSSR count). The molecule has 4 unspecified atom stereocenters. The van der Waals surface area contributed by atoms with Crippen molar-refractivity contribution in [3.8, 4) is 0 Å². The number of nitrogens with zero attached hydrogens (tertiary/aromatic N) is 2. The molecule has 0 bridgehead atoms. The van der Waals surface area contributed by atoms with Crippen LogP contribution < -0.4 is 17.0 Å².